The van der Waals surface area contributed by atoms with Crippen molar-refractivity contribution >= 4 is 5.91 Å². The summed E-state index contributed by atoms with van der Waals surface area (Å²) in [6.45, 7) is 1.84. The number of ether oxygens (including phenoxy) is 2. The SMILES string of the molecule is COc1cccc(COCCNCC(N)=O)c1. The van der Waals surface area contributed by atoms with Crippen LogP contribution in [0.15, 0.2) is 24.3 Å². The molecule has 0 heterocycles. The Morgan fingerprint density at radius 1 is 1.47 bits per heavy atom. The van der Waals surface area contributed by atoms with Gasteiger partial charge in [-0.15, -0.1) is 0 Å². The summed E-state index contributed by atoms with van der Waals surface area (Å²) in [5, 5.41) is 2.87. The van der Waals surface area contributed by atoms with E-state index in [4.69, 9.17) is 15.2 Å². The molecule has 94 valence electrons. The molecule has 0 saturated heterocycles. The van der Waals surface area contributed by atoms with E-state index >= 15 is 0 Å². The Morgan fingerprint density at radius 2 is 2.29 bits per heavy atom. The van der Waals surface area contributed by atoms with Crippen molar-refractivity contribution in [3.05, 3.63) is 29.8 Å². The third-order valence-electron chi connectivity index (χ3n) is 2.13. The number of carbonyl (C=O) groups is 1. The lowest BCUT2D eigenvalue weighted by molar-refractivity contribution is -0.117. The first kappa shape index (κ1) is 13.5. The molecule has 17 heavy (non-hydrogen) atoms. The Labute approximate surface area is 101 Å². The van der Waals surface area contributed by atoms with Crippen LogP contribution in [0.1, 0.15) is 5.56 Å². The van der Waals surface area contributed by atoms with Gasteiger partial charge in [0.2, 0.25) is 5.91 Å². The summed E-state index contributed by atoms with van der Waals surface area (Å²) in [4.78, 5) is 10.4. The molecule has 5 nitrogen and oxygen atoms in total. The molecule has 0 atom stereocenters. The molecule has 0 saturated carbocycles. The van der Waals surface area contributed by atoms with Gasteiger partial charge in [-0.1, -0.05) is 12.1 Å². The van der Waals surface area contributed by atoms with Gasteiger partial charge in [-0.25, -0.2) is 0 Å². The summed E-state index contributed by atoms with van der Waals surface area (Å²) in [7, 11) is 1.63. The molecule has 3 N–H and O–H groups in total. The van der Waals surface area contributed by atoms with Crippen LogP contribution in [-0.4, -0.2) is 32.7 Å². The molecule has 0 aromatic heterocycles. The maximum atomic E-state index is 10.4. The van der Waals surface area contributed by atoms with Gasteiger partial charge >= 0.3 is 0 Å². The normalized spacial score (nSPS) is 10.2. The van der Waals surface area contributed by atoms with Crippen LogP contribution in [0.2, 0.25) is 0 Å². The molecule has 0 aliphatic carbocycles. The number of amides is 1. The molecule has 0 unspecified atom stereocenters. The second-order valence-corrected chi connectivity index (χ2v) is 3.55. The van der Waals surface area contributed by atoms with E-state index in [1.807, 2.05) is 24.3 Å². The van der Waals surface area contributed by atoms with E-state index < -0.39 is 0 Å². The van der Waals surface area contributed by atoms with Crippen LogP contribution < -0.4 is 15.8 Å². The Bertz CT molecular complexity index is 355. The maximum Gasteiger partial charge on any atom is 0.231 e. The first-order valence-electron chi connectivity index (χ1n) is 5.42. The smallest absolute Gasteiger partial charge is 0.231 e. The highest BCUT2D eigenvalue weighted by Gasteiger charge is 1.96. The zero-order valence-electron chi connectivity index (χ0n) is 9.94. The minimum Gasteiger partial charge on any atom is -0.497 e. The first-order valence-corrected chi connectivity index (χ1v) is 5.42. The van der Waals surface area contributed by atoms with Gasteiger partial charge < -0.3 is 20.5 Å². The number of carbonyl (C=O) groups excluding carboxylic acids is 1. The fourth-order valence-corrected chi connectivity index (χ4v) is 1.31. The lowest BCUT2D eigenvalue weighted by Gasteiger charge is -2.06. The molecule has 0 aliphatic rings. The zero-order chi connectivity index (χ0) is 12.5. The van der Waals surface area contributed by atoms with Crippen molar-refractivity contribution < 1.29 is 14.3 Å². The molecule has 1 aromatic rings. The molecule has 1 aromatic carbocycles. The van der Waals surface area contributed by atoms with E-state index in [0.717, 1.165) is 11.3 Å². The van der Waals surface area contributed by atoms with Crippen LogP contribution in [-0.2, 0) is 16.1 Å². The molecule has 0 aliphatic heterocycles. The summed E-state index contributed by atoms with van der Waals surface area (Å²) >= 11 is 0. The quantitative estimate of drug-likeness (QED) is 0.638. The topological polar surface area (TPSA) is 73.6 Å². The van der Waals surface area contributed by atoms with Gasteiger partial charge in [0.25, 0.3) is 0 Å². The average molecular weight is 238 g/mol. The Kier molecular flexibility index (Phi) is 6.06. The van der Waals surface area contributed by atoms with Gasteiger partial charge in [-0.05, 0) is 17.7 Å². The molecular weight excluding hydrogens is 220 g/mol. The summed E-state index contributed by atoms with van der Waals surface area (Å²) in [5.41, 5.74) is 6.03. The number of rotatable bonds is 8. The van der Waals surface area contributed by atoms with Crippen molar-refractivity contribution in [3.8, 4) is 5.75 Å². The number of nitrogens with two attached hydrogens (primary N) is 1. The molecule has 0 radical (unpaired) electrons. The summed E-state index contributed by atoms with van der Waals surface area (Å²) in [6.07, 6.45) is 0. The van der Waals surface area contributed by atoms with Gasteiger partial charge in [0.15, 0.2) is 0 Å². The van der Waals surface area contributed by atoms with Crippen LogP contribution in [0.4, 0.5) is 0 Å². The van der Waals surface area contributed by atoms with Crippen molar-refractivity contribution in [2.24, 2.45) is 5.73 Å². The maximum absolute atomic E-state index is 10.4. The van der Waals surface area contributed by atoms with E-state index in [-0.39, 0.29) is 12.5 Å². The highest BCUT2D eigenvalue weighted by atomic mass is 16.5. The zero-order valence-corrected chi connectivity index (χ0v) is 9.94. The lowest BCUT2D eigenvalue weighted by Crippen LogP contribution is -2.30. The van der Waals surface area contributed by atoms with Crippen molar-refractivity contribution in [1.82, 2.24) is 5.32 Å². The van der Waals surface area contributed by atoms with E-state index in [2.05, 4.69) is 5.32 Å². The third-order valence-corrected chi connectivity index (χ3v) is 2.13. The highest BCUT2D eigenvalue weighted by Crippen LogP contribution is 2.12. The van der Waals surface area contributed by atoms with Crippen LogP contribution in [0.25, 0.3) is 0 Å². The van der Waals surface area contributed by atoms with Crippen LogP contribution in [0.3, 0.4) is 0 Å². The minimum atomic E-state index is -0.363. The Balaban J connectivity index is 2.15. The van der Waals surface area contributed by atoms with Crippen molar-refractivity contribution in [2.45, 2.75) is 6.61 Å². The summed E-state index contributed by atoms with van der Waals surface area (Å²) in [5.74, 6) is 0.454. The largest absolute Gasteiger partial charge is 0.497 e. The van der Waals surface area contributed by atoms with Gasteiger partial charge in [-0.3, -0.25) is 4.79 Å². The number of methoxy groups -OCH3 is 1. The van der Waals surface area contributed by atoms with Crippen LogP contribution >= 0.6 is 0 Å². The monoisotopic (exact) mass is 238 g/mol. The number of benzene rings is 1. The summed E-state index contributed by atoms with van der Waals surface area (Å²) < 4.78 is 10.5. The van der Waals surface area contributed by atoms with Gasteiger partial charge in [0.05, 0.1) is 26.9 Å². The predicted octanol–water partition coefficient (Wildman–Crippen LogP) is 0.287. The Morgan fingerprint density at radius 3 is 3.00 bits per heavy atom. The molecule has 5 heteroatoms. The van der Waals surface area contributed by atoms with Crippen molar-refractivity contribution in [2.75, 3.05) is 26.8 Å². The number of hydrogen-bond acceptors (Lipinski definition) is 4. The second-order valence-electron chi connectivity index (χ2n) is 3.55. The highest BCUT2D eigenvalue weighted by molar-refractivity contribution is 5.75. The molecular formula is C12H18N2O3. The lowest BCUT2D eigenvalue weighted by atomic mass is 10.2. The number of nitrogens with one attached hydrogen (secondary N) is 1. The number of hydrogen-bond donors (Lipinski definition) is 2. The average Bonchev–Trinajstić information content (AvgIpc) is 2.33. The van der Waals surface area contributed by atoms with Crippen molar-refractivity contribution in [3.63, 3.8) is 0 Å². The van der Waals surface area contributed by atoms with Crippen LogP contribution in [0, 0.1) is 0 Å². The predicted molar refractivity (Wildman–Crippen MR) is 64.7 cm³/mol. The first-order chi connectivity index (χ1) is 8.22. The fraction of sp³-hybridized carbons (Fsp3) is 0.417. The van der Waals surface area contributed by atoms with E-state index in [9.17, 15) is 4.79 Å². The molecule has 1 amide bonds. The third kappa shape index (κ3) is 5.89. The second kappa shape index (κ2) is 7.65. The van der Waals surface area contributed by atoms with Crippen molar-refractivity contribution in [1.29, 1.82) is 0 Å². The Hall–Kier alpha value is -1.59. The summed E-state index contributed by atoms with van der Waals surface area (Å²) in [6, 6.07) is 7.71. The molecule has 1 rings (SSSR count). The van der Waals surface area contributed by atoms with Crippen LogP contribution in [0.5, 0.6) is 5.75 Å². The number of primary amides is 1. The van der Waals surface area contributed by atoms with E-state index in [1.165, 1.54) is 0 Å². The standard InChI is InChI=1S/C12H18N2O3/c1-16-11-4-2-3-10(7-11)9-17-6-5-14-8-12(13)15/h2-4,7,14H,5-6,8-9H2,1H3,(H2,13,15). The van der Waals surface area contributed by atoms with E-state index in [1.54, 1.807) is 7.11 Å². The molecule has 0 spiro atoms. The molecule has 0 fully saturated rings. The fourth-order valence-electron chi connectivity index (χ4n) is 1.31. The molecule has 0 bridgehead atoms. The van der Waals surface area contributed by atoms with Gasteiger partial charge in [-0.2, -0.15) is 0 Å². The minimum absolute atomic E-state index is 0.183. The van der Waals surface area contributed by atoms with Gasteiger partial charge in [0, 0.05) is 6.54 Å². The van der Waals surface area contributed by atoms with Gasteiger partial charge in [0.1, 0.15) is 5.75 Å². The van der Waals surface area contributed by atoms with E-state index in [0.29, 0.717) is 19.8 Å².